The van der Waals surface area contributed by atoms with E-state index in [4.69, 9.17) is 23.2 Å². The standard InChI is InChI=1S/C26H29Cl2FN4O3/c1-15(2)31-24-7-19(21(28)8-30-24)17-6-23-25(36)33(13-26(3,14-35)12-32(23)10-17)9-16-5-22(29)20(27)4-18(16)11-34/h4-8,10,15,34-35H,9,11-14H2,1-3H3,(H,30,31). The van der Waals surface area contributed by atoms with Crippen molar-refractivity contribution in [3.63, 3.8) is 0 Å². The number of amides is 1. The summed E-state index contributed by atoms with van der Waals surface area (Å²) in [7, 11) is 0. The zero-order chi connectivity index (χ0) is 26.2. The molecule has 0 radical (unpaired) electrons. The van der Waals surface area contributed by atoms with Crippen molar-refractivity contribution >= 4 is 34.9 Å². The second-order valence-electron chi connectivity index (χ2n) is 9.91. The number of benzene rings is 1. The van der Waals surface area contributed by atoms with E-state index in [0.717, 1.165) is 11.1 Å². The van der Waals surface area contributed by atoms with Gasteiger partial charge in [0, 0.05) is 54.6 Å². The number of pyridine rings is 1. The van der Waals surface area contributed by atoms with Crippen molar-refractivity contribution in [3.05, 3.63) is 69.3 Å². The molecule has 10 heteroatoms. The number of halogens is 3. The molecule has 1 aromatic carbocycles. The Morgan fingerprint density at radius 3 is 2.56 bits per heavy atom. The quantitative estimate of drug-likeness (QED) is 0.398. The van der Waals surface area contributed by atoms with Crippen molar-refractivity contribution in [3.8, 4) is 11.1 Å². The number of aromatic nitrogens is 2. The maximum atomic E-state index is 14.2. The number of carbonyl (C=O) groups excluding carboxylic acids is 1. The first-order valence-corrected chi connectivity index (χ1v) is 12.4. The molecule has 0 bridgehead atoms. The molecule has 1 amide bonds. The minimum absolute atomic E-state index is 0.0530. The summed E-state index contributed by atoms with van der Waals surface area (Å²) in [4.78, 5) is 19.6. The average molecular weight is 535 g/mol. The van der Waals surface area contributed by atoms with Crippen molar-refractivity contribution in [1.82, 2.24) is 14.5 Å². The third kappa shape index (κ3) is 5.37. The van der Waals surface area contributed by atoms with E-state index in [1.165, 1.54) is 12.1 Å². The molecule has 1 unspecified atom stereocenters. The van der Waals surface area contributed by atoms with Crippen LogP contribution in [0.4, 0.5) is 10.2 Å². The lowest BCUT2D eigenvalue weighted by Gasteiger charge is -2.31. The van der Waals surface area contributed by atoms with Gasteiger partial charge >= 0.3 is 0 Å². The van der Waals surface area contributed by atoms with Gasteiger partial charge in [0.15, 0.2) is 0 Å². The number of anilines is 1. The Balaban J connectivity index is 1.75. The van der Waals surface area contributed by atoms with E-state index in [2.05, 4.69) is 10.3 Å². The minimum atomic E-state index is -0.659. The Hall–Kier alpha value is -2.65. The lowest BCUT2D eigenvalue weighted by molar-refractivity contribution is 0.0559. The fourth-order valence-corrected chi connectivity index (χ4v) is 4.91. The molecule has 3 heterocycles. The van der Waals surface area contributed by atoms with Gasteiger partial charge in [-0.15, -0.1) is 0 Å². The van der Waals surface area contributed by atoms with E-state index in [1.807, 2.05) is 37.6 Å². The Morgan fingerprint density at radius 2 is 1.89 bits per heavy atom. The molecule has 0 saturated carbocycles. The zero-order valence-corrected chi connectivity index (χ0v) is 21.9. The summed E-state index contributed by atoms with van der Waals surface area (Å²) in [6.07, 6.45) is 3.42. The highest BCUT2D eigenvalue weighted by Gasteiger charge is 2.36. The molecular formula is C26H29Cl2FN4O3. The average Bonchev–Trinajstić information content (AvgIpc) is 3.20. The topological polar surface area (TPSA) is 90.6 Å². The lowest BCUT2D eigenvalue weighted by Crippen LogP contribution is -2.40. The number of aliphatic hydroxyl groups is 2. The highest BCUT2D eigenvalue weighted by atomic mass is 35.5. The van der Waals surface area contributed by atoms with Crippen LogP contribution >= 0.6 is 23.2 Å². The Bertz CT molecular complexity index is 1300. The number of hydrogen-bond donors (Lipinski definition) is 3. The summed E-state index contributed by atoms with van der Waals surface area (Å²) in [5.41, 5.74) is 2.13. The predicted molar refractivity (Wildman–Crippen MR) is 139 cm³/mol. The third-order valence-electron chi connectivity index (χ3n) is 6.29. The molecule has 1 atom stereocenters. The fourth-order valence-electron chi connectivity index (χ4n) is 4.51. The van der Waals surface area contributed by atoms with Crippen LogP contribution in [0.1, 0.15) is 42.4 Å². The van der Waals surface area contributed by atoms with E-state index in [-0.39, 0.29) is 43.3 Å². The van der Waals surface area contributed by atoms with Gasteiger partial charge < -0.3 is 25.0 Å². The van der Waals surface area contributed by atoms with Gasteiger partial charge in [-0.2, -0.15) is 0 Å². The van der Waals surface area contributed by atoms with Crippen LogP contribution in [0.25, 0.3) is 11.1 Å². The second kappa shape index (κ2) is 10.4. The SMILES string of the molecule is CC(C)Nc1cc(-c2cc3n(c2)CC(C)(CO)CN(Cc2cc(F)c(Cl)cc2CO)C3=O)c(Cl)cn1. The van der Waals surface area contributed by atoms with Gasteiger partial charge in [0.1, 0.15) is 17.3 Å². The molecule has 2 aromatic heterocycles. The summed E-state index contributed by atoms with van der Waals surface area (Å²) in [6, 6.07) is 6.41. The molecule has 4 rings (SSSR count). The summed E-state index contributed by atoms with van der Waals surface area (Å²) < 4.78 is 16.1. The number of aliphatic hydroxyl groups excluding tert-OH is 2. The van der Waals surface area contributed by atoms with Crippen LogP contribution in [0.3, 0.4) is 0 Å². The van der Waals surface area contributed by atoms with E-state index in [1.54, 1.807) is 17.2 Å². The van der Waals surface area contributed by atoms with Crippen molar-refractivity contribution in [1.29, 1.82) is 0 Å². The molecule has 7 nitrogen and oxygen atoms in total. The largest absolute Gasteiger partial charge is 0.396 e. The normalized spacial score (nSPS) is 17.9. The summed E-state index contributed by atoms with van der Waals surface area (Å²) in [5, 5.41) is 23.6. The van der Waals surface area contributed by atoms with Gasteiger partial charge in [0.05, 0.1) is 23.3 Å². The monoisotopic (exact) mass is 534 g/mol. The summed E-state index contributed by atoms with van der Waals surface area (Å²) in [5.74, 6) is -0.233. The number of fused-ring (bicyclic) bond motifs is 1. The number of rotatable bonds is 7. The van der Waals surface area contributed by atoms with Gasteiger partial charge in [0.25, 0.3) is 5.91 Å². The molecule has 1 aliphatic rings. The molecule has 1 aliphatic heterocycles. The van der Waals surface area contributed by atoms with Crippen molar-refractivity contribution in [2.75, 3.05) is 18.5 Å². The number of carbonyl (C=O) groups is 1. The van der Waals surface area contributed by atoms with Gasteiger partial charge in [-0.25, -0.2) is 9.37 Å². The lowest BCUT2D eigenvalue weighted by atomic mass is 9.91. The van der Waals surface area contributed by atoms with Crippen LogP contribution in [0, 0.1) is 11.2 Å². The van der Waals surface area contributed by atoms with E-state index < -0.39 is 11.2 Å². The molecule has 3 N–H and O–H groups in total. The van der Waals surface area contributed by atoms with Crippen LogP contribution in [0.5, 0.6) is 0 Å². The third-order valence-corrected chi connectivity index (χ3v) is 6.88. The Morgan fingerprint density at radius 1 is 1.14 bits per heavy atom. The zero-order valence-electron chi connectivity index (χ0n) is 20.4. The molecule has 0 saturated heterocycles. The van der Waals surface area contributed by atoms with Gasteiger partial charge in [-0.3, -0.25) is 4.79 Å². The first-order chi connectivity index (χ1) is 17.0. The fraction of sp³-hybridized carbons (Fsp3) is 0.385. The Kier molecular flexibility index (Phi) is 7.61. The van der Waals surface area contributed by atoms with Crippen molar-refractivity contribution < 1.29 is 19.4 Å². The first kappa shape index (κ1) is 26.4. The molecule has 3 aromatic rings. The van der Waals surface area contributed by atoms with Gasteiger partial charge in [-0.1, -0.05) is 30.1 Å². The van der Waals surface area contributed by atoms with Crippen molar-refractivity contribution in [2.45, 2.75) is 46.5 Å². The van der Waals surface area contributed by atoms with Gasteiger partial charge in [-0.05, 0) is 49.2 Å². The number of nitrogens with zero attached hydrogens (tertiary/aromatic N) is 3. The maximum absolute atomic E-state index is 14.2. The minimum Gasteiger partial charge on any atom is -0.396 e. The van der Waals surface area contributed by atoms with Gasteiger partial charge in [0.2, 0.25) is 0 Å². The van der Waals surface area contributed by atoms with Crippen LogP contribution in [-0.4, -0.2) is 49.8 Å². The molecular weight excluding hydrogens is 506 g/mol. The molecule has 192 valence electrons. The van der Waals surface area contributed by atoms with Crippen molar-refractivity contribution in [2.24, 2.45) is 5.41 Å². The molecule has 0 spiro atoms. The molecule has 36 heavy (non-hydrogen) atoms. The smallest absolute Gasteiger partial charge is 0.270 e. The van der Waals surface area contributed by atoms with Crippen LogP contribution in [0.15, 0.2) is 36.7 Å². The maximum Gasteiger partial charge on any atom is 0.270 e. The second-order valence-corrected chi connectivity index (χ2v) is 10.7. The number of nitrogens with one attached hydrogen (secondary N) is 1. The highest BCUT2D eigenvalue weighted by molar-refractivity contribution is 6.33. The van der Waals surface area contributed by atoms with Crippen LogP contribution < -0.4 is 5.32 Å². The van der Waals surface area contributed by atoms with E-state index >= 15 is 0 Å². The number of hydrogen-bond acceptors (Lipinski definition) is 5. The summed E-state index contributed by atoms with van der Waals surface area (Å²) in [6.45, 7) is 6.09. The van der Waals surface area contributed by atoms with E-state index in [0.29, 0.717) is 34.2 Å². The van der Waals surface area contributed by atoms with Crippen LogP contribution in [0.2, 0.25) is 10.0 Å². The van der Waals surface area contributed by atoms with Crippen LogP contribution in [-0.2, 0) is 19.7 Å². The highest BCUT2D eigenvalue weighted by Crippen LogP contribution is 2.35. The molecule has 0 fully saturated rings. The summed E-state index contributed by atoms with van der Waals surface area (Å²) >= 11 is 12.4. The van der Waals surface area contributed by atoms with E-state index in [9.17, 15) is 19.4 Å². The predicted octanol–water partition coefficient (Wildman–Crippen LogP) is 4.96. The molecule has 0 aliphatic carbocycles. The first-order valence-electron chi connectivity index (χ1n) is 11.6. The Labute approximate surface area is 219 Å².